The van der Waals surface area contributed by atoms with Crippen LogP contribution in [0.4, 0.5) is 0 Å². The van der Waals surface area contributed by atoms with Crippen molar-refractivity contribution in [3.05, 3.63) is 0 Å². The van der Waals surface area contributed by atoms with Crippen molar-refractivity contribution in [1.29, 1.82) is 0 Å². The Hall–Kier alpha value is -1.06. The van der Waals surface area contributed by atoms with Crippen LogP contribution < -0.4 is 0 Å². The third-order valence-corrected chi connectivity index (χ3v) is 6.09. The Labute approximate surface area is 155 Å². The van der Waals surface area contributed by atoms with Gasteiger partial charge in [-0.3, -0.25) is 9.59 Å². The molecule has 25 heavy (non-hydrogen) atoms. The van der Waals surface area contributed by atoms with Gasteiger partial charge in [0.1, 0.15) is 0 Å². The second-order valence-electron chi connectivity index (χ2n) is 8.07. The smallest absolute Gasteiger partial charge is 0.225 e. The van der Waals surface area contributed by atoms with Gasteiger partial charge in [0.15, 0.2) is 0 Å². The molecule has 0 aromatic rings. The molecule has 1 rings (SSSR count). The predicted molar refractivity (Wildman–Crippen MR) is 104 cm³/mol. The van der Waals surface area contributed by atoms with Crippen molar-refractivity contribution in [3.63, 3.8) is 0 Å². The lowest BCUT2D eigenvalue weighted by molar-refractivity contribution is -0.138. The van der Waals surface area contributed by atoms with Crippen LogP contribution in [-0.2, 0) is 9.59 Å². The molecule has 4 nitrogen and oxygen atoms in total. The van der Waals surface area contributed by atoms with Crippen molar-refractivity contribution in [1.82, 2.24) is 9.80 Å². The Bertz CT molecular complexity index is 418. The Kier molecular flexibility index (Phi) is 9.52. The van der Waals surface area contributed by atoms with Crippen LogP contribution in [-0.4, -0.2) is 47.8 Å². The first-order chi connectivity index (χ1) is 11.8. The minimum atomic E-state index is 0.0825. The number of amides is 2. The SMILES string of the molecule is CCCC(C)C(=O)N(C)C(C)CC(CC)N(C)C(=O)C1CCCCC1. The maximum Gasteiger partial charge on any atom is 0.225 e. The summed E-state index contributed by atoms with van der Waals surface area (Å²) in [5.41, 5.74) is 0. The molecule has 2 amide bonds. The highest BCUT2D eigenvalue weighted by Crippen LogP contribution is 2.27. The summed E-state index contributed by atoms with van der Waals surface area (Å²) < 4.78 is 0. The topological polar surface area (TPSA) is 40.6 Å². The molecule has 0 aromatic heterocycles. The molecule has 0 saturated heterocycles. The zero-order valence-corrected chi connectivity index (χ0v) is 17.4. The summed E-state index contributed by atoms with van der Waals surface area (Å²) in [4.78, 5) is 29.2. The monoisotopic (exact) mass is 352 g/mol. The van der Waals surface area contributed by atoms with E-state index in [1.54, 1.807) is 0 Å². The summed E-state index contributed by atoms with van der Waals surface area (Å²) in [6.07, 6.45) is 9.49. The van der Waals surface area contributed by atoms with Gasteiger partial charge in [-0.2, -0.15) is 0 Å². The minimum Gasteiger partial charge on any atom is -0.343 e. The zero-order valence-electron chi connectivity index (χ0n) is 17.4. The Morgan fingerprint density at radius 2 is 1.60 bits per heavy atom. The van der Waals surface area contributed by atoms with Gasteiger partial charge < -0.3 is 9.80 Å². The van der Waals surface area contributed by atoms with Crippen molar-refractivity contribution in [2.45, 2.75) is 97.6 Å². The van der Waals surface area contributed by atoms with E-state index in [9.17, 15) is 9.59 Å². The van der Waals surface area contributed by atoms with Gasteiger partial charge >= 0.3 is 0 Å². The van der Waals surface area contributed by atoms with Crippen molar-refractivity contribution < 1.29 is 9.59 Å². The molecule has 0 N–H and O–H groups in total. The van der Waals surface area contributed by atoms with Gasteiger partial charge in [0.25, 0.3) is 0 Å². The molecular weight excluding hydrogens is 312 g/mol. The first-order valence-corrected chi connectivity index (χ1v) is 10.4. The summed E-state index contributed by atoms with van der Waals surface area (Å²) in [7, 11) is 3.87. The maximum atomic E-state index is 12.8. The fourth-order valence-electron chi connectivity index (χ4n) is 4.09. The summed E-state index contributed by atoms with van der Waals surface area (Å²) in [6.45, 7) is 8.39. The van der Waals surface area contributed by atoms with E-state index in [1.165, 1.54) is 19.3 Å². The first-order valence-electron chi connectivity index (χ1n) is 10.4. The number of carbonyl (C=O) groups is 2. The summed E-state index contributed by atoms with van der Waals surface area (Å²) in [6, 6.07) is 0.361. The third-order valence-electron chi connectivity index (χ3n) is 6.09. The van der Waals surface area contributed by atoms with Crippen molar-refractivity contribution in [3.8, 4) is 0 Å². The molecule has 0 bridgehead atoms. The molecule has 0 heterocycles. The van der Waals surface area contributed by atoms with E-state index in [2.05, 4.69) is 20.8 Å². The average molecular weight is 353 g/mol. The van der Waals surface area contributed by atoms with E-state index >= 15 is 0 Å². The normalized spacial score (nSPS) is 19.1. The van der Waals surface area contributed by atoms with E-state index in [0.717, 1.165) is 38.5 Å². The Morgan fingerprint density at radius 1 is 1.00 bits per heavy atom. The van der Waals surface area contributed by atoms with Gasteiger partial charge in [0.2, 0.25) is 11.8 Å². The second kappa shape index (κ2) is 10.8. The minimum absolute atomic E-state index is 0.0825. The second-order valence-corrected chi connectivity index (χ2v) is 8.07. The van der Waals surface area contributed by atoms with Crippen LogP contribution in [0.15, 0.2) is 0 Å². The van der Waals surface area contributed by atoms with Gasteiger partial charge in [0.05, 0.1) is 0 Å². The number of rotatable bonds is 9. The summed E-state index contributed by atoms with van der Waals surface area (Å²) in [5.74, 6) is 0.837. The molecule has 3 unspecified atom stereocenters. The highest BCUT2D eigenvalue weighted by atomic mass is 16.2. The molecule has 0 aliphatic heterocycles. The molecule has 1 saturated carbocycles. The van der Waals surface area contributed by atoms with Crippen LogP contribution >= 0.6 is 0 Å². The lowest BCUT2D eigenvalue weighted by Crippen LogP contribution is -2.46. The zero-order chi connectivity index (χ0) is 19.0. The highest BCUT2D eigenvalue weighted by molar-refractivity contribution is 5.79. The van der Waals surface area contributed by atoms with Crippen LogP contribution in [0.2, 0.25) is 0 Å². The lowest BCUT2D eigenvalue weighted by Gasteiger charge is -2.36. The first kappa shape index (κ1) is 22.0. The maximum absolute atomic E-state index is 12.8. The fourth-order valence-corrected chi connectivity index (χ4v) is 4.09. The average Bonchev–Trinajstić information content (AvgIpc) is 2.64. The highest BCUT2D eigenvalue weighted by Gasteiger charge is 2.30. The summed E-state index contributed by atoms with van der Waals surface area (Å²) in [5, 5.41) is 0. The predicted octanol–water partition coefficient (Wildman–Crippen LogP) is 4.48. The van der Waals surface area contributed by atoms with Crippen LogP contribution in [0.5, 0.6) is 0 Å². The fraction of sp³-hybridized carbons (Fsp3) is 0.905. The molecule has 3 atom stereocenters. The van der Waals surface area contributed by atoms with E-state index in [1.807, 2.05) is 30.8 Å². The number of hydrogen-bond donors (Lipinski definition) is 0. The van der Waals surface area contributed by atoms with Crippen LogP contribution in [0.3, 0.4) is 0 Å². The molecule has 0 spiro atoms. The lowest BCUT2D eigenvalue weighted by atomic mass is 9.87. The third kappa shape index (κ3) is 6.31. The largest absolute Gasteiger partial charge is 0.343 e. The van der Waals surface area contributed by atoms with E-state index in [0.29, 0.717) is 5.91 Å². The molecule has 0 radical (unpaired) electrons. The van der Waals surface area contributed by atoms with Crippen molar-refractivity contribution in [2.24, 2.45) is 11.8 Å². The number of hydrogen-bond acceptors (Lipinski definition) is 2. The molecule has 1 aliphatic carbocycles. The van der Waals surface area contributed by atoms with Gasteiger partial charge in [-0.05, 0) is 39.0 Å². The molecule has 0 aromatic carbocycles. The van der Waals surface area contributed by atoms with E-state index < -0.39 is 0 Å². The van der Waals surface area contributed by atoms with Gasteiger partial charge in [-0.15, -0.1) is 0 Å². The standard InChI is InChI=1S/C21H40N2O2/c1-7-12-16(3)20(24)22(5)17(4)15-19(8-2)23(6)21(25)18-13-10-9-11-14-18/h16-19H,7-15H2,1-6H3. The molecule has 1 fully saturated rings. The van der Waals surface area contributed by atoms with Gasteiger partial charge in [0, 0.05) is 38.0 Å². The van der Waals surface area contributed by atoms with E-state index in [-0.39, 0.29) is 29.8 Å². The molecular formula is C21H40N2O2. The quantitative estimate of drug-likeness (QED) is 0.614. The number of nitrogens with zero attached hydrogens (tertiary/aromatic N) is 2. The molecule has 4 heteroatoms. The number of carbonyl (C=O) groups excluding carboxylic acids is 2. The van der Waals surface area contributed by atoms with Crippen LogP contribution in [0, 0.1) is 11.8 Å². The van der Waals surface area contributed by atoms with Crippen molar-refractivity contribution >= 4 is 11.8 Å². The van der Waals surface area contributed by atoms with Gasteiger partial charge in [-0.1, -0.05) is 46.5 Å². The Balaban J connectivity index is 2.63. The van der Waals surface area contributed by atoms with Crippen LogP contribution in [0.25, 0.3) is 0 Å². The summed E-state index contributed by atoms with van der Waals surface area (Å²) >= 11 is 0. The molecule has 146 valence electrons. The Morgan fingerprint density at radius 3 is 2.12 bits per heavy atom. The van der Waals surface area contributed by atoms with Gasteiger partial charge in [-0.25, -0.2) is 0 Å². The van der Waals surface area contributed by atoms with E-state index in [4.69, 9.17) is 0 Å². The van der Waals surface area contributed by atoms with Crippen LogP contribution in [0.1, 0.15) is 85.5 Å². The molecule has 1 aliphatic rings. The van der Waals surface area contributed by atoms with Crippen molar-refractivity contribution in [2.75, 3.05) is 14.1 Å².